The fraction of sp³-hybridized carbons (Fsp3) is 0.143. The van der Waals surface area contributed by atoms with Crippen molar-refractivity contribution in [2.45, 2.75) is 13.1 Å². The number of rotatable bonds is 3. The van der Waals surface area contributed by atoms with Gasteiger partial charge in [0, 0.05) is 23.7 Å². The van der Waals surface area contributed by atoms with Gasteiger partial charge in [-0.3, -0.25) is 0 Å². The Bertz CT molecular complexity index is 751. The Morgan fingerprint density at radius 3 is 2.68 bits per heavy atom. The number of pyridine rings is 1. The van der Waals surface area contributed by atoms with Gasteiger partial charge in [0.2, 0.25) is 0 Å². The van der Waals surface area contributed by atoms with E-state index >= 15 is 0 Å². The highest BCUT2D eigenvalue weighted by molar-refractivity contribution is 6.32. The van der Waals surface area contributed by atoms with Crippen LogP contribution in [0.1, 0.15) is 18.2 Å². The van der Waals surface area contributed by atoms with E-state index in [2.05, 4.69) is 4.98 Å². The molecular formula is C14H10ClF3N2O2. The van der Waals surface area contributed by atoms with Crippen molar-refractivity contribution in [1.29, 1.82) is 0 Å². The van der Waals surface area contributed by atoms with Crippen molar-refractivity contribution in [3.8, 4) is 5.82 Å². The number of aromatic nitrogens is 2. The van der Waals surface area contributed by atoms with Crippen LogP contribution in [0.15, 0.2) is 36.2 Å². The van der Waals surface area contributed by atoms with Crippen molar-refractivity contribution in [3.63, 3.8) is 0 Å². The van der Waals surface area contributed by atoms with E-state index in [1.165, 1.54) is 23.8 Å². The molecule has 0 atom stereocenters. The molecule has 0 aliphatic heterocycles. The van der Waals surface area contributed by atoms with E-state index in [1.54, 1.807) is 12.1 Å². The molecule has 2 aromatic rings. The van der Waals surface area contributed by atoms with E-state index < -0.39 is 17.7 Å². The van der Waals surface area contributed by atoms with Gasteiger partial charge in [-0.2, -0.15) is 13.2 Å². The maximum atomic E-state index is 12.6. The topological polar surface area (TPSA) is 55.1 Å². The van der Waals surface area contributed by atoms with Crippen LogP contribution in [-0.2, 0) is 11.0 Å². The highest BCUT2D eigenvalue weighted by Gasteiger charge is 2.31. The number of carbonyl (C=O) groups is 1. The van der Waals surface area contributed by atoms with Gasteiger partial charge in [0.15, 0.2) is 5.82 Å². The van der Waals surface area contributed by atoms with Gasteiger partial charge in [-0.1, -0.05) is 11.6 Å². The number of halogens is 4. The summed E-state index contributed by atoms with van der Waals surface area (Å²) in [5.74, 6) is -1.01. The summed E-state index contributed by atoms with van der Waals surface area (Å²) in [7, 11) is 0. The third kappa shape index (κ3) is 3.30. The predicted molar refractivity (Wildman–Crippen MR) is 74.9 cm³/mol. The number of hydrogen-bond acceptors (Lipinski definition) is 2. The quantitative estimate of drug-likeness (QED) is 0.864. The second kappa shape index (κ2) is 5.84. The van der Waals surface area contributed by atoms with Crippen LogP contribution in [-0.4, -0.2) is 20.6 Å². The zero-order chi connectivity index (χ0) is 16.5. The molecule has 0 aliphatic rings. The molecule has 0 fully saturated rings. The Balaban J connectivity index is 2.49. The van der Waals surface area contributed by atoms with Gasteiger partial charge >= 0.3 is 12.1 Å². The molecule has 2 aromatic heterocycles. The van der Waals surface area contributed by atoms with Crippen LogP contribution in [0.2, 0.25) is 5.02 Å². The molecular weight excluding hydrogens is 321 g/mol. The summed E-state index contributed by atoms with van der Waals surface area (Å²) in [6.07, 6.45) is -0.951. The van der Waals surface area contributed by atoms with Gasteiger partial charge in [0.1, 0.15) is 0 Å². The molecule has 2 rings (SSSR count). The fourth-order valence-corrected chi connectivity index (χ4v) is 2.01. The van der Waals surface area contributed by atoms with Gasteiger partial charge in [0.25, 0.3) is 0 Å². The summed E-state index contributed by atoms with van der Waals surface area (Å²) in [4.78, 5) is 14.6. The van der Waals surface area contributed by atoms with Gasteiger partial charge in [-0.15, -0.1) is 0 Å². The Hall–Kier alpha value is -2.28. The van der Waals surface area contributed by atoms with Crippen molar-refractivity contribution in [2.75, 3.05) is 0 Å². The molecule has 0 aliphatic carbocycles. The molecule has 0 bridgehead atoms. The number of alkyl halides is 3. The summed E-state index contributed by atoms with van der Waals surface area (Å²) in [5.41, 5.74) is -0.441. The minimum Gasteiger partial charge on any atom is -0.478 e. The van der Waals surface area contributed by atoms with Crippen molar-refractivity contribution >= 4 is 23.6 Å². The summed E-state index contributed by atoms with van der Waals surface area (Å²) >= 11 is 5.88. The van der Waals surface area contributed by atoms with Gasteiger partial charge in [0.05, 0.1) is 10.6 Å². The fourth-order valence-electron chi connectivity index (χ4n) is 1.75. The van der Waals surface area contributed by atoms with Gasteiger partial charge in [-0.25, -0.2) is 9.78 Å². The van der Waals surface area contributed by atoms with Gasteiger partial charge in [-0.05, 0) is 31.2 Å². The first kappa shape index (κ1) is 16.1. The first-order chi connectivity index (χ1) is 10.2. The van der Waals surface area contributed by atoms with Crippen LogP contribution in [0, 0.1) is 0 Å². The van der Waals surface area contributed by atoms with Crippen LogP contribution in [0.25, 0.3) is 11.9 Å². The highest BCUT2D eigenvalue weighted by Crippen LogP contribution is 2.32. The average Bonchev–Trinajstić information content (AvgIpc) is 2.85. The minimum atomic E-state index is -4.53. The summed E-state index contributed by atoms with van der Waals surface area (Å²) in [6.45, 7) is 1.40. The standard InChI is InChI=1S/C14H10ClF3N2O2/c1-8(13(21)22)5-10-3-2-4-20(10)12-11(15)6-9(7-19-12)14(16,17)18/h2-7H,1H3,(H,21,22)/b8-5+. The molecule has 0 spiro atoms. The maximum absolute atomic E-state index is 12.6. The van der Waals surface area contributed by atoms with Crippen LogP contribution in [0.4, 0.5) is 13.2 Å². The molecule has 0 amide bonds. The third-order valence-electron chi connectivity index (χ3n) is 2.86. The average molecular weight is 331 g/mol. The molecule has 1 N–H and O–H groups in total. The van der Waals surface area contributed by atoms with Crippen molar-refractivity contribution < 1.29 is 23.1 Å². The molecule has 0 saturated heterocycles. The lowest BCUT2D eigenvalue weighted by molar-refractivity contribution is -0.138. The van der Waals surface area contributed by atoms with Gasteiger partial charge < -0.3 is 9.67 Å². The number of aliphatic carboxylic acids is 1. The smallest absolute Gasteiger partial charge is 0.417 e. The Labute approximate surface area is 128 Å². The Kier molecular flexibility index (Phi) is 4.27. The molecule has 8 heteroatoms. The molecule has 116 valence electrons. The molecule has 0 aromatic carbocycles. The number of hydrogen-bond donors (Lipinski definition) is 1. The SMILES string of the molecule is C/C(=C\c1cccn1-c1ncc(C(F)(F)F)cc1Cl)C(=O)O. The number of carboxylic acid groups (broad SMARTS) is 1. The van der Waals surface area contributed by atoms with Crippen molar-refractivity contribution in [3.05, 3.63) is 52.4 Å². The summed E-state index contributed by atoms with van der Waals surface area (Å²) in [6, 6.07) is 3.99. The van der Waals surface area contributed by atoms with E-state index in [4.69, 9.17) is 16.7 Å². The van der Waals surface area contributed by atoms with Crippen LogP contribution in [0.5, 0.6) is 0 Å². The monoisotopic (exact) mass is 330 g/mol. The van der Waals surface area contributed by atoms with Crippen LogP contribution < -0.4 is 0 Å². The Morgan fingerprint density at radius 2 is 2.14 bits per heavy atom. The third-order valence-corrected chi connectivity index (χ3v) is 3.14. The zero-order valence-corrected chi connectivity index (χ0v) is 12.0. The molecule has 0 saturated carbocycles. The molecule has 22 heavy (non-hydrogen) atoms. The van der Waals surface area contributed by atoms with E-state index in [0.29, 0.717) is 11.9 Å². The Morgan fingerprint density at radius 1 is 1.45 bits per heavy atom. The van der Waals surface area contributed by atoms with Crippen molar-refractivity contribution in [2.24, 2.45) is 0 Å². The molecule has 2 heterocycles. The number of carboxylic acids is 1. The predicted octanol–water partition coefficient (Wildman–Crippen LogP) is 4.03. The summed E-state index contributed by atoms with van der Waals surface area (Å²) in [5, 5.41) is 8.69. The van der Waals surface area contributed by atoms with E-state index in [1.807, 2.05) is 0 Å². The second-order valence-electron chi connectivity index (χ2n) is 4.46. The summed E-state index contributed by atoms with van der Waals surface area (Å²) < 4.78 is 39.2. The lowest BCUT2D eigenvalue weighted by atomic mass is 10.2. The normalized spacial score (nSPS) is 12.5. The molecule has 0 radical (unpaired) electrons. The zero-order valence-electron chi connectivity index (χ0n) is 11.2. The first-order valence-corrected chi connectivity index (χ1v) is 6.40. The largest absolute Gasteiger partial charge is 0.478 e. The lowest BCUT2D eigenvalue weighted by Gasteiger charge is -2.11. The van der Waals surface area contributed by atoms with E-state index in [0.717, 1.165) is 6.07 Å². The van der Waals surface area contributed by atoms with Crippen LogP contribution in [0.3, 0.4) is 0 Å². The maximum Gasteiger partial charge on any atom is 0.417 e. The number of nitrogens with zero attached hydrogens (tertiary/aromatic N) is 2. The molecule has 0 unspecified atom stereocenters. The van der Waals surface area contributed by atoms with Crippen molar-refractivity contribution in [1.82, 2.24) is 9.55 Å². The minimum absolute atomic E-state index is 0.0722. The van der Waals surface area contributed by atoms with Crippen LogP contribution >= 0.6 is 11.6 Å². The van der Waals surface area contributed by atoms with E-state index in [9.17, 15) is 18.0 Å². The lowest BCUT2D eigenvalue weighted by Crippen LogP contribution is -2.08. The van der Waals surface area contributed by atoms with E-state index in [-0.39, 0.29) is 16.4 Å². The molecule has 4 nitrogen and oxygen atoms in total. The first-order valence-electron chi connectivity index (χ1n) is 6.02. The second-order valence-corrected chi connectivity index (χ2v) is 4.87. The highest BCUT2D eigenvalue weighted by atomic mass is 35.5.